The molecule has 0 saturated carbocycles. The zero-order valence-electron chi connectivity index (χ0n) is 12.0. The van der Waals surface area contributed by atoms with E-state index in [-0.39, 0.29) is 28.1 Å². The Hall–Kier alpha value is -1.66. The summed E-state index contributed by atoms with van der Waals surface area (Å²) in [6.45, 7) is 4.89. The Balaban J connectivity index is 2.14. The van der Waals surface area contributed by atoms with Crippen molar-refractivity contribution in [2.75, 3.05) is 11.9 Å². The number of non-ortho nitro benzene ring substituents is 1. The van der Waals surface area contributed by atoms with Crippen molar-refractivity contribution in [1.82, 2.24) is 5.32 Å². The molecule has 1 saturated heterocycles. The summed E-state index contributed by atoms with van der Waals surface area (Å²) in [5.41, 5.74) is 0.139. The van der Waals surface area contributed by atoms with Crippen LogP contribution < -0.4 is 10.6 Å². The largest absolute Gasteiger partial charge is 0.323 e. The molecule has 0 radical (unpaired) electrons. The van der Waals surface area contributed by atoms with E-state index in [4.69, 9.17) is 11.6 Å². The zero-order chi connectivity index (χ0) is 15.6. The molecule has 21 heavy (non-hydrogen) atoms. The predicted molar refractivity (Wildman–Crippen MR) is 81.5 cm³/mol. The molecular weight excluding hydrogens is 294 g/mol. The second-order valence-corrected chi connectivity index (χ2v) is 6.30. The Morgan fingerprint density at radius 2 is 2.24 bits per heavy atom. The van der Waals surface area contributed by atoms with Crippen molar-refractivity contribution in [3.8, 4) is 0 Å². The van der Waals surface area contributed by atoms with E-state index in [1.54, 1.807) is 0 Å². The number of halogens is 1. The van der Waals surface area contributed by atoms with Gasteiger partial charge in [-0.15, -0.1) is 0 Å². The first kappa shape index (κ1) is 15.7. The predicted octanol–water partition coefficient (Wildman–Crippen LogP) is 2.96. The third kappa shape index (κ3) is 3.51. The molecule has 1 heterocycles. The number of rotatable bonds is 3. The molecule has 2 N–H and O–H groups in total. The normalized spacial score (nSPS) is 20.8. The van der Waals surface area contributed by atoms with Gasteiger partial charge in [-0.25, -0.2) is 0 Å². The average molecular weight is 312 g/mol. The number of nitrogens with one attached hydrogen (secondary N) is 2. The summed E-state index contributed by atoms with van der Waals surface area (Å²) in [7, 11) is 0. The number of nitro benzene ring substituents is 1. The highest BCUT2D eigenvalue weighted by molar-refractivity contribution is 6.34. The van der Waals surface area contributed by atoms with E-state index >= 15 is 0 Å². The van der Waals surface area contributed by atoms with Crippen molar-refractivity contribution in [2.24, 2.45) is 5.41 Å². The van der Waals surface area contributed by atoms with Crippen LogP contribution in [0.4, 0.5) is 11.4 Å². The smallest absolute Gasteiger partial charge is 0.271 e. The van der Waals surface area contributed by atoms with Crippen molar-refractivity contribution in [3.63, 3.8) is 0 Å². The lowest BCUT2D eigenvalue weighted by atomic mass is 9.77. The molecule has 1 aliphatic rings. The number of nitrogens with zero attached hydrogens (tertiary/aromatic N) is 1. The van der Waals surface area contributed by atoms with Gasteiger partial charge in [-0.05, 0) is 30.9 Å². The first-order chi connectivity index (χ1) is 9.81. The van der Waals surface area contributed by atoms with Crippen LogP contribution in [0.25, 0.3) is 0 Å². The highest BCUT2D eigenvalue weighted by Crippen LogP contribution is 2.32. The molecule has 1 aromatic carbocycles. The van der Waals surface area contributed by atoms with Crippen LogP contribution in [0.5, 0.6) is 0 Å². The lowest BCUT2D eigenvalue weighted by Crippen LogP contribution is -2.53. The van der Waals surface area contributed by atoms with E-state index < -0.39 is 4.92 Å². The monoisotopic (exact) mass is 311 g/mol. The van der Waals surface area contributed by atoms with Crippen molar-refractivity contribution < 1.29 is 9.72 Å². The molecule has 0 aromatic heterocycles. The molecule has 2 rings (SSSR count). The number of amides is 1. The van der Waals surface area contributed by atoms with Crippen molar-refractivity contribution in [1.29, 1.82) is 0 Å². The maximum Gasteiger partial charge on any atom is 0.271 e. The van der Waals surface area contributed by atoms with Gasteiger partial charge in [0.25, 0.3) is 5.69 Å². The maximum absolute atomic E-state index is 12.4. The Morgan fingerprint density at radius 3 is 2.81 bits per heavy atom. The number of anilines is 1. The lowest BCUT2D eigenvalue weighted by Gasteiger charge is -2.38. The van der Waals surface area contributed by atoms with Crippen LogP contribution in [0.1, 0.15) is 26.7 Å². The van der Waals surface area contributed by atoms with Gasteiger partial charge in [0.2, 0.25) is 5.91 Å². The van der Waals surface area contributed by atoms with Gasteiger partial charge in [-0.1, -0.05) is 25.4 Å². The number of hydrogen-bond donors (Lipinski definition) is 2. The van der Waals surface area contributed by atoms with Gasteiger partial charge in [-0.2, -0.15) is 0 Å². The molecule has 0 bridgehead atoms. The number of carbonyl (C=O) groups excluding carboxylic acids is 1. The van der Waals surface area contributed by atoms with Crippen molar-refractivity contribution >= 4 is 28.9 Å². The molecule has 0 aliphatic carbocycles. The molecule has 6 nitrogen and oxygen atoms in total. The summed E-state index contributed by atoms with van der Waals surface area (Å²) in [6.07, 6.45) is 2.00. The van der Waals surface area contributed by atoms with Gasteiger partial charge in [-0.3, -0.25) is 14.9 Å². The number of benzene rings is 1. The summed E-state index contributed by atoms with van der Waals surface area (Å²) >= 11 is 5.99. The SMILES string of the molecule is CC1(C)CCCNC1C(=O)Nc1ccc([N+](=O)[O-])cc1Cl. The summed E-state index contributed by atoms with van der Waals surface area (Å²) in [5, 5.41) is 16.8. The minimum absolute atomic E-state index is 0.103. The molecule has 7 heteroatoms. The fraction of sp³-hybridized carbons (Fsp3) is 0.500. The molecule has 1 aliphatic heterocycles. The Kier molecular flexibility index (Phi) is 4.49. The minimum atomic E-state index is -0.525. The summed E-state index contributed by atoms with van der Waals surface area (Å²) < 4.78 is 0. The zero-order valence-corrected chi connectivity index (χ0v) is 12.7. The number of carbonyl (C=O) groups is 1. The van der Waals surface area contributed by atoms with Gasteiger partial charge in [0.1, 0.15) is 0 Å². The fourth-order valence-electron chi connectivity index (χ4n) is 2.58. The van der Waals surface area contributed by atoms with E-state index in [2.05, 4.69) is 10.6 Å². The van der Waals surface area contributed by atoms with Gasteiger partial charge < -0.3 is 10.6 Å². The second-order valence-electron chi connectivity index (χ2n) is 5.89. The average Bonchev–Trinajstić information content (AvgIpc) is 2.40. The van der Waals surface area contributed by atoms with Crippen molar-refractivity contribution in [3.05, 3.63) is 33.3 Å². The maximum atomic E-state index is 12.4. The van der Waals surface area contributed by atoms with Crippen LogP contribution in [0.3, 0.4) is 0 Å². The van der Waals surface area contributed by atoms with Crippen LogP contribution >= 0.6 is 11.6 Å². The van der Waals surface area contributed by atoms with Crippen LogP contribution in [0.15, 0.2) is 18.2 Å². The molecule has 1 unspecified atom stereocenters. The van der Waals surface area contributed by atoms with E-state index in [9.17, 15) is 14.9 Å². The topological polar surface area (TPSA) is 84.3 Å². The summed E-state index contributed by atoms with van der Waals surface area (Å²) in [5.74, 6) is -0.171. The highest BCUT2D eigenvalue weighted by atomic mass is 35.5. The first-order valence-electron chi connectivity index (χ1n) is 6.79. The molecule has 1 fully saturated rings. The van der Waals surface area contributed by atoms with E-state index in [1.807, 2.05) is 13.8 Å². The third-order valence-electron chi connectivity index (χ3n) is 3.81. The van der Waals surface area contributed by atoms with Gasteiger partial charge in [0.15, 0.2) is 0 Å². The number of nitro groups is 1. The molecular formula is C14H18ClN3O3. The molecule has 1 aromatic rings. The Labute approximate surface area is 128 Å². The first-order valence-corrected chi connectivity index (χ1v) is 7.17. The lowest BCUT2D eigenvalue weighted by molar-refractivity contribution is -0.384. The number of piperidine rings is 1. The number of hydrogen-bond acceptors (Lipinski definition) is 4. The van der Waals surface area contributed by atoms with Gasteiger partial charge in [0, 0.05) is 12.1 Å². The van der Waals surface area contributed by atoms with Crippen molar-refractivity contribution in [2.45, 2.75) is 32.7 Å². The Morgan fingerprint density at radius 1 is 1.52 bits per heavy atom. The van der Waals surface area contributed by atoms with E-state index in [0.29, 0.717) is 5.69 Å². The molecule has 1 atom stereocenters. The van der Waals surface area contributed by atoms with Crippen LogP contribution in [-0.4, -0.2) is 23.4 Å². The van der Waals surface area contributed by atoms with Crippen LogP contribution in [-0.2, 0) is 4.79 Å². The Bertz CT molecular complexity index is 575. The quantitative estimate of drug-likeness (QED) is 0.664. The van der Waals surface area contributed by atoms with E-state index in [0.717, 1.165) is 19.4 Å². The van der Waals surface area contributed by atoms with Crippen LogP contribution in [0.2, 0.25) is 5.02 Å². The van der Waals surface area contributed by atoms with Gasteiger partial charge >= 0.3 is 0 Å². The molecule has 0 spiro atoms. The molecule has 114 valence electrons. The summed E-state index contributed by atoms with van der Waals surface area (Å²) in [4.78, 5) is 22.5. The molecule has 1 amide bonds. The summed E-state index contributed by atoms with van der Waals surface area (Å²) in [6, 6.07) is 3.70. The minimum Gasteiger partial charge on any atom is -0.323 e. The van der Waals surface area contributed by atoms with Gasteiger partial charge in [0.05, 0.1) is 21.7 Å². The second kappa shape index (κ2) is 5.99. The standard InChI is InChI=1S/C14H18ClN3O3/c1-14(2)6-3-7-16-12(14)13(19)17-11-5-4-9(18(20)21)8-10(11)15/h4-5,8,12,16H,3,6-7H2,1-2H3,(H,17,19). The highest BCUT2D eigenvalue weighted by Gasteiger charge is 2.37. The van der Waals surface area contributed by atoms with Crippen LogP contribution in [0, 0.1) is 15.5 Å². The van der Waals surface area contributed by atoms with E-state index in [1.165, 1.54) is 18.2 Å². The third-order valence-corrected chi connectivity index (χ3v) is 4.12. The fourth-order valence-corrected chi connectivity index (χ4v) is 2.80.